The van der Waals surface area contributed by atoms with E-state index in [4.69, 9.17) is 0 Å². The van der Waals surface area contributed by atoms with Crippen molar-refractivity contribution in [2.75, 3.05) is 0 Å². The third kappa shape index (κ3) is 1.82. The summed E-state index contributed by atoms with van der Waals surface area (Å²) >= 11 is 0. The van der Waals surface area contributed by atoms with Gasteiger partial charge >= 0.3 is 0 Å². The molecule has 64 valence electrons. The molecule has 0 radical (unpaired) electrons. The van der Waals surface area contributed by atoms with Crippen LogP contribution in [-0.2, 0) is 0 Å². The Kier molecular flexibility index (Phi) is 2.36. The van der Waals surface area contributed by atoms with E-state index in [1.54, 1.807) is 0 Å². The Labute approximate surface area is 70.1 Å². The smallest absolute Gasteiger partial charge is 0.156 e. The van der Waals surface area contributed by atoms with Crippen molar-refractivity contribution >= 4 is 6.21 Å². The van der Waals surface area contributed by atoms with Gasteiger partial charge in [0.05, 0.1) is 0 Å². The predicted octanol–water partition coefficient (Wildman–Crippen LogP) is 2.44. The largest absolute Gasteiger partial charge is 0.233 e. The second kappa shape index (κ2) is 2.96. The van der Waals surface area contributed by atoms with E-state index in [1.807, 2.05) is 0 Å². The molecular weight excluding hydrogens is 134 g/mol. The van der Waals surface area contributed by atoms with E-state index in [2.05, 4.69) is 38.5 Å². The van der Waals surface area contributed by atoms with E-state index in [1.165, 1.54) is 19.3 Å². The molecule has 1 heteroatoms. The molecule has 0 N–H and O–H groups in total. The maximum Gasteiger partial charge on any atom is 0.156 e. The highest BCUT2D eigenvalue weighted by molar-refractivity contribution is 5.47. The molecule has 0 aromatic rings. The van der Waals surface area contributed by atoms with E-state index >= 15 is 0 Å². The fraction of sp³-hybridized carbons (Fsp3) is 0.900. The van der Waals surface area contributed by atoms with Crippen molar-refractivity contribution in [2.24, 2.45) is 0 Å². The average molecular weight is 154 g/mol. The van der Waals surface area contributed by atoms with Gasteiger partial charge in [0.15, 0.2) is 11.6 Å². The standard InChI is InChI=1S/C10H20N/c1-5-10(3,4)11(6-2)9-7-8-9/h6,9H,5,7-8H2,1-4H3/q+1. The molecule has 0 heterocycles. The van der Waals surface area contributed by atoms with E-state index in [-0.39, 0.29) is 0 Å². The molecule has 1 aliphatic rings. The third-order valence-electron chi connectivity index (χ3n) is 2.78. The fourth-order valence-electron chi connectivity index (χ4n) is 1.59. The van der Waals surface area contributed by atoms with Gasteiger partial charge in [0.1, 0.15) is 6.21 Å². The monoisotopic (exact) mass is 154 g/mol. The molecule has 1 rings (SSSR count). The van der Waals surface area contributed by atoms with Crippen molar-refractivity contribution in [3.63, 3.8) is 0 Å². The van der Waals surface area contributed by atoms with Gasteiger partial charge in [-0.25, -0.2) is 4.58 Å². The Hall–Kier alpha value is -0.330. The van der Waals surface area contributed by atoms with Crippen molar-refractivity contribution < 1.29 is 4.58 Å². The van der Waals surface area contributed by atoms with Gasteiger partial charge in [0.25, 0.3) is 0 Å². The zero-order chi connectivity index (χ0) is 8.48. The molecule has 0 aromatic carbocycles. The quantitative estimate of drug-likeness (QED) is 0.434. The predicted molar refractivity (Wildman–Crippen MR) is 49.4 cm³/mol. The van der Waals surface area contributed by atoms with E-state index in [0.29, 0.717) is 5.54 Å². The molecular formula is C10H20N+. The average Bonchev–Trinajstić information content (AvgIpc) is 2.73. The lowest BCUT2D eigenvalue weighted by Crippen LogP contribution is -2.37. The van der Waals surface area contributed by atoms with Crippen LogP contribution in [0, 0.1) is 0 Å². The molecule has 1 saturated carbocycles. The van der Waals surface area contributed by atoms with Crippen molar-refractivity contribution in [2.45, 2.75) is 58.5 Å². The minimum atomic E-state index is 0.371. The lowest BCUT2D eigenvalue weighted by Gasteiger charge is -2.20. The Balaban J connectivity index is 2.68. The van der Waals surface area contributed by atoms with Crippen LogP contribution >= 0.6 is 0 Å². The first-order chi connectivity index (χ1) is 5.11. The molecule has 1 nitrogen and oxygen atoms in total. The minimum Gasteiger partial charge on any atom is -0.233 e. The summed E-state index contributed by atoms with van der Waals surface area (Å²) in [6.07, 6.45) is 6.27. The van der Waals surface area contributed by atoms with E-state index in [9.17, 15) is 0 Å². The zero-order valence-corrected chi connectivity index (χ0v) is 8.22. The topological polar surface area (TPSA) is 3.01 Å². The first kappa shape index (κ1) is 8.76. The second-order valence-corrected chi connectivity index (χ2v) is 4.06. The summed E-state index contributed by atoms with van der Waals surface area (Å²) in [6, 6.07) is 0.856. The maximum atomic E-state index is 2.52. The molecule has 0 atom stereocenters. The summed E-state index contributed by atoms with van der Waals surface area (Å²) in [7, 11) is 0. The highest BCUT2D eigenvalue weighted by Crippen LogP contribution is 2.29. The molecule has 0 spiro atoms. The van der Waals surface area contributed by atoms with Crippen LogP contribution in [0.4, 0.5) is 0 Å². The van der Waals surface area contributed by atoms with Crippen LogP contribution in [-0.4, -0.2) is 22.4 Å². The first-order valence-electron chi connectivity index (χ1n) is 4.69. The Bertz CT molecular complexity index is 164. The van der Waals surface area contributed by atoms with Crippen LogP contribution < -0.4 is 0 Å². The van der Waals surface area contributed by atoms with Gasteiger partial charge in [-0.05, 0) is 13.8 Å². The molecule has 0 unspecified atom stereocenters. The van der Waals surface area contributed by atoms with Gasteiger partial charge in [0.2, 0.25) is 0 Å². The van der Waals surface area contributed by atoms with Gasteiger partial charge in [-0.1, -0.05) is 6.92 Å². The lowest BCUT2D eigenvalue weighted by atomic mass is 10.0. The molecule has 0 aliphatic heterocycles. The molecule has 0 bridgehead atoms. The maximum absolute atomic E-state index is 2.52. The van der Waals surface area contributed by atoms with Gasteiger partial charge in [-0.2, -0.15) is 0 Å². The first-order valence-corrected chi connectivity index (χ1v) is 4.69. The molecule has 0 saturated heterocycles. The highest BCUT2D eigenvalue weighted by Gasteiger charge is 2.40. The fourth-order valence-corrected chi connectivity index (χ4v) is 1.59. The number of rotatable bonds is 3. The SMILES string of the molecule is CC=[N+](C1CC1)C(C)(C)CC. The summed E-state index contributed by atoms with van der Waals surface area (Å²) < 4.78 is 2.52. The normalized spacial score (nSPS) is 20.5. The summed E-state index contributed by atoms with van der Waals surface area (Å²) in [5, 5.41) is 0. The van der Waals surface area contributed by atoms with Crippen LogP contribution in [0.2, 0.25) is 0 Å². The van der Waals surface area contributed by atoms with Crippen LogP contribution in [0.1, 0.15) is 47.0 Å². The van der Waals surface area contributed by atoms with Crippen LogP contribution in [0.3, 0.4) is 0 Å². The summed E-state index contributed by atoms with van der Waals surface area (Å²) in [4.78, 5) is 0. The number of hydrogen-bond donors (Lipinski definition) is 0. The molecule has 0 amide bonds. The second-order valence-electron chi connectivity index (χ2n) is 4.06. The Morgan fingerprint density at radius 3 is 2.27 bits per heavy atom. The summed E-state index contributed by atoms with van der Waals surface area (Å²) in [5.41, 5.74) is 0.371. The van der Waals surface area contributed by atoms with Crippen molar-refractivity contribution in [3.05, 3.63) is 0 Å². The minimum absolute atomic E-state index is 0.371. The molecule has 0 aromatic heterocycles. The number of hydrogen-bond acceptors (Lipinski definition) is 0. The Morgan fingerprint density at radius 1 is 1.45 bits per heavy atom. The van der Waals surface area contributed by atoms with Crippen molar-refractivity contribution in [1.29, 1.82) is 0 Å². The molecule has 1 aliphatic carbocycles. The van der Waals surface area contributed by atoms with Crippen LogP contribution in [0.5, 0.6) is 0 Å². The van der Waals surface area contributed by atoms with E-state index in [0.717, 1.165) is 6.04 Å². The van der Waals surface area contributed by atoms with E-state index < -0.39 is 0 Å². The third-order valence-corrected chi connectivity index (χ3v) is 2.78. The molecule has 11 heavy (non-hydrogen) atoms. The van der Waals surface area contributed by atoms with Crippen molar-refractivity contribution in [1.82, 2.24) is 0 Å². The van der Waals surface area contributed by atoms with Crippen molar-refractivity contribution in [3.8, 4) is 0 Å². The zero-order valence-electron chi connectivity index (χ0n) is 8.22. The highest BCUT2D eigenvalue weighted by atomic mass is 15.1. The Morgan fingerprint density at radius 2 is 2.00 bits per heavy atom. The summed E-state index contributed by atoms with van der Waals surface area (Å²) in [6.45, 7) is 9.06. The molecule has 1 fully saturated rings. The number of nitrogens with zero attached hydrogens (tertiary/aromatic N) is 1. The van der Waals surface area contributed by atoms with Gasteiger partial charge < -0.3 is 0 Å². The lowest BCUT2D eigenvalue weighted by molar-refractivity contribution is -0.610. The van der Waals surface area contributed by atoms with Crippen LogP contribution in [0.15, 0.2) is 0 Å². The van der Waals surface area contributed by atoms with Gasteiger partial charge in [-0.3, -0.25) is 0 Å². The van der Waals surface area contributed by atoms with Gasteiger partial charge in [0, 0.05) is 26.2 Å². The summed E-state index contributed by atoms with van der Waals surface area (Å²) in [5.74, 6) is 0. The van der Waals surface area contributed by atoms with Crippen LogP contribution in [0.25, 0.3) is 0 Å². The van der Waals surface area contributed by atoms with Gasteiger partial charge in [-0.15, -0.1) is 0 Å².